The lowest BCUT2D eigenvalue weighted by Gasteiger charge is -2.14. The molecule has 1 amide bonds. The number of nitrogens with zero attached hydrogens (tertiary/aromatic N) is 3. The van der Waals surface area contributed by atoms with E-state index in [1.165, 1.54) is 0 Å². The lowest BCUT2D eigenvalue weighted by atomic mass is 10.2. The maximum Gasteiger partial charge on any atom is 0.241 e. The van der Waals surface area contributed by atoms with Crippen molar-refractivity contribution in [1.29, 1.82) is 0 Å². The Bertz CT molecular complexity index is 560. The van der Waals surface area contributed by atoms with E-state index in [9.17, 15) is 4.79 Å². The van der Waals surface area contributed by atoms with Crippen LogP contribution in [0.5, 0.6) is 0 Å². The predicted molar refractivity (Wildman–Crippen MR) is 71.0 cm³/mol. The molecule has 0 aliphatic carbocycles. The molecule has 2 heterocycles. The monoisotopic (exact) mass is 257 g/mol. The van der Waals surface area contributed by atoms with Gasteiger partial charge in [0.2, 0.25) is 5.91 Å². The summed E-state index contributed by atoms with van der Waals surface area (Å²) in [7, 11) is 0. The van der Waals surface area contributed by atoms with Crippen LogP contribution in [0.1, 0.15) is 12.8 Å². The van der Waals surface area contributed by atoms with E-state index < -0.39 is 0 Å². The van der Waals surface area contributed by atoms with Crippen molar-refractivity contribution in [2.45, 2.75) is 18.9 Å². The fourth-order valence-electron chi connectivity index (χ4n) is 2.24. The van der Waals surface area contributed by atoms with Gasteiger partial charge in [0.1, 0.15) is 0 Å². The van der Waals surface area contributed by atoms with Gasteiger partial charge in [-0.15, -0.1) is 5.10 Å². The standard InChI is InChI=1S/C13H15N5O/c19-13(11-5-3-7-14-11)16-10-4-1-2-6-12(10)18-9-8-15-17-18/h1-2,4,6,8-9,11,14H,3,5,7H2,(H,16,19)/t11-/m1/s1. The summed E-state index contributed by atoms with van der Waals surface area (Å²) in [6, 6.07) is 7.46. The van der Waals surface area contributed by atoms with Crippen LogP contribution < -0.4 is 10.6 Å². The van der Waals surface area contributed by atoms with Crippen LogP contribution in [-0.2, 0) is 4.79 Å². The van der Waals surface area contributed by atoms with Crippen molar-refractivity contribution in [2.75, 3.05) is 11.9 Å². The summed E-state index contributed by atoms with van der Waals surface area (Å²) in [6.45, 7) is 0.906. The number of carbonyl (C=O) groups excluding carboxylic acids is 1. The lowest BCUT2D eigenvalue weighted by Crippen LogP contribution is -2.35. The minimum atomic E-state index is -0.0937. The average molecular weight is 257 g/mol. The van der Waals surface area contributed by atoms with Gasteiger partial charge >= 0.3 is 0 Å². The molecule has 1 fully saturated rings. The first-order valence-corrected chi connectivity index (χ1v) is 6.34. The van der Waals surface area contributed by atoms with Crippen molar-refractivity contribution < 1.29 is 4.79 Å². The highest BCUT2D eigenvalue weighted by Gasteiger charge is 2.22. The second-order valence-electron chi connectivity index (χ2n) is 4.50. The molecule has 1 aromatic carbocycles. The van der Waals surface area contributed by atoms with E-state index >= 15 is 0 Å². The molecule has 1 aromatic heterocycles. The molecule has 0 bridgehead atoms. The number of rotatable bonds is 3. The average Bonchev–Trinajstić information content (AvgIpc) is 3.13. The number of hydrogen-bond donors (Lipinski definition) is 2. The third-order valence-corrected chi connectivity index (χ3v) is 3.21. The summed E-state index contributed by atoms with van der Waals surface area (Å²) in [4.78, 5) is 12.1. The third kappa shape index (κ3) is 2.48. The van der Waals surface area contributed by atoms with Crippen molar-refractivity contribution in [3.63, 3.8) is 0 Å². The molecule has 6 heteroatoms. The van der Waals surface area contributed by atoms with E-state index in [1.54, 1.807) is 17.1 Å². The van der Waals surface area contributed by atoms with Crippen LogP contribution >= 0.6 is 0 Å². The molecule has 2 N–H and O–H groups in total. The Morgan fingerprint density at radius 3 is 3.05 bits per heavy atom. The molecule has 3 rings (SSSR count). The van der Waals surface area contributed by atoms with Crippen LogP contribution in [0.3, 0.4) is 0 Å². The molecule has 98 valence electrons. The van der Waals surface area contributed by atoms with Crippen LogP contribution in [0, 0.1) is 0 Å². The minimum Gasteiger partial charge on any atom is -0.323 e. The first-order chi connectivity index (χ1) is 9.34. The van der Waals surface area contributed by atoms with Gasteiger partial charge in [-0.05, 0) is 31.5 Å². The van der Waals surface area contributed by atoms with Gasteiger partial charge < -0.3 is 10.6 Å². The fourth-order valence-corrected chi connectivity index (χ4v) is 2.24. The van der Waals surface area contributed by atoms with Gasteiger partial charge in [-0.25, -0.2) is 4.68 Å². The summed E-state index contributed by atoms with van der Waals surface area (Å²) in [5.41, 5.74) is 1.55. The molecule has 2 aromatic rings. The smallest absolute Gasteiger partial charge is 0.241 e. The van der Waals surface area contributed by atoms with E-state index in [0.29, 0.717) is 0 Å². The summed E-state index contributed by atoms with van der Waals surface area (Å²) in [5.74, 6) is 0.00469. The van der Waals surface area contributed by atoms with Gasteiger partial charge in [0, 0.05) is 0 Å². The second-order valence-corrected chi connectivity index (χ2v) is 4.50. The number of para-hydroxylation sites is 2. The van der Waals surface area contributed by atoms with E-state index in [4.69, 9.17) is 0 Å². The molecule has 6 nitrogen and oxygen atoms in total. The summed E-state index contributed by atoms with van der Waals surface area (Å²) in [6.07, 6.45) is 5.29. The molecular formula is C13H15N5O. The number of hydrogen-bond acceptors (Lipinski definition) is 4. The van der Waals surface area contributed by atoms with Crippen LogP contribution in [0.25, 0.3) is 5.69 Å². The van der Waals surface area contributed by atoms with E-state index in [2.05, 4.69) is 20.9 Å². The molecule has 1 atom stereocenters. The Hall–Kier alpha value is -2.21. The topological polar surface area (TPSA) is 71.8 Å². The minimum absolute atomic E-state index is 0.00469. The van der Waals surface area contributed by atoms with Crippen molar-refractivity contribution in [1.82, 2.24) is 20.3 Å². The van der Waals surface area contributed by atoms with Crippen LogP contribution in [0.2, 0.25) is 0 Å². The van der Waals surface area contributed by atoms with Crippen molar-refractivity contribution in [3.8, 4) is 5.69 Å². The maximum absolute atomic E-state index is 12.1. The van der Waals surface area contributed by atoms with Gasteiger partial charge in [-0.2, -0.15) is 0 Å². The number of anilines is 1. The van der Waals surface area contributed by atoms with Crippen molar-refractivity contribution >= 4 is 11.6 Å². The number of aromatic nitrogens is 3. The molecule has 0 spiro atoms. The molecule has 1 aliphatic heterocycles. The Balaban J connectivity index is 1.83. The first-order valence-electron chi connectivity index (χ1n) is 6.34. The van der Waals surface area contributed by atoms with Gasteiger partial charge in [-0.3, -0.25) is 4.79 Å². The Kier molecular flexibility index (Phi) is 3.24. The molecule has 0 saturated carbocycles. The molecule has 19 heavy (non-hydrogen) atoms. The number of carbonyl (C=O) groups is 1. The maximum atomic E-state index is 12.1. The van der Waals surface area contributed by atoms with E-state index in [-0.39, 0.29) is 11.9 Å². The SMILES string of the molecule is O=C(Nc1ccccc1-n1ccnn1)[C@H]1CCCN1. The third-order valence-electron chi connectivity index (χ3n) is 3.21. The first kappa shape index (κ1) is 11.9. The zero-order chi connectivity index (χ0) is 13.1. The van der Waals surface area contributed by atoms with Crippen molar-refractivity contribution in [2.24, 2.45) is 0 Å². The summed E-state index contributed by atoms with van der Waals surface area (Å²) >= 11 is 0. The van der Waals surface area contributed by atoms with E-state index in [0.717, 1.165) is 30.8 Å². The highest BCUT2D eigenvalue weighted by molar-refractivity contribution is 5.96. The highest BCUT2D eigenvalue weighted by Crippen LogP contribution is 2.19. The normalized spacial score (nSPS) is 18.4. The fraction of sp³-hybridized carbons (Fsp3) is 0.308. The quantitative estimate of drug-likeness (QED) is 0.859. The van der Waals surface area contributed by atoms with Crippen molar-refractivity contribution in [3.05, 3.63) is 36.7 Å². The zero-order valence-corrected chi connectivity index (χ0v) is 10.4. The number of amides is 1. The lowest BCUT2D eigenvalue weighted by molar-refractivity contribution is -0.117. The van der Waals surface area contributed by atoms with Gasteiger partial charge in [0.25, 0.3) is 0 Å². The Morgan fingerprint density at radius 2 is 2.32 bits per heavy atom. The Morgan fingerprint density at radius 1 is 1.42 bits per heavy atom. The van der Waals surface area contributed by atoms with Gasteiger partial charge in [0.15, 0.2) is 0 Å². The van der Waals surface area contributed by atoms with Crippen LogP contribution in [0.15, 0.2) is 36.7 Å². The number of benzene rings is 1. The summed E-state index contributed by atoms with van der Waals surface area (Å²) in [5, 5.41) is 13.9. The molecular weight excluding hydrogens is 242 g/mol. The van der Waals surface area contributed by atoms with E-state index in [1.807, 2.05) is 24.3 Å². The zero-order valence-electron chi connectivity index (χ0n) is 10.4. The summed E-state index contributed by atoms with van der Waals surface area (Å²) < 4.78 is 1.64. The molecule has 1 saturated heterocycles. The molecule has 1 aliphatic rings. The second kappa shape index (κ2) is 5.19. The predicted octanol–water partition coefficient (Wildman–Crippen LogP) is 0.958. The number of nitrogens with one attached hydrogen (secondary N) is 2. The van der Waals surface area contributed by atoms with Crippen LogP contribution in [-0.4, -0.2) is 33.5 Å². The Labute approximate surface area is 110 Å². The highest BCUT2D eigenvalue weighted by atomic mass is 16.2. The largest absolute Gasteiger partial charge is 0.323 e. The van der Waals surface area contributed by atoms with Gasteiger partial charge in [-0.1, -0.05) is 17.3 Å². The molecule has 0 radical (unpaired) electrons. The van der Waals surface area contributed by atoms with Gasteiger partial charge in [0.05, 0.1) is 29.8 Å². The molecule has 0 unspecified atom stereocenters. The van der Waals surface area contributed by atoms with Crippen LogP contribution in [0.4, 0.5) is 5.69 Å².